The van der Waals surface area contributed by atoms with Crippen LogP contribution in [0.3, 0.4) is 0 Å². The number of aliphatic carboxylic acids is 1. The van der Waals surface area contributed by atoms with Crippen LogP contribution in [-0.2, 0) is 4.79 Å². The predicted octanol–water partition coefficient (Wildman–Crippen LogP) is 4.02. The number of carboxylic acids is 1. The highest BCUT2D eigenvalue weighted by Gasteiger charge is 2.40. The molecule has 2 heterocycles. The summed E-state index contributed by atoms with van der Waals surface area (Å²) in [6.07, 6.45) is 3.21. The fourth-order valence-corrected chi connectivity index (χ4v) is 4.12. The summed E-state index contributed by atoms with van der Waals surface area (Å²) in [6.45, 7) is 7.94. The smallest absolute Gasteiger partial charge is 0.309 e. The molecule has 0 spiro atoms. The Morgan fingerprint density at radius 3 is 2.90 bits per heavy atom. The molecule has 4 heteroatoms. The largest absolute Gasteiger partial charge is 0.481 e. The van der Waals surface area contributed by atoms with E-state index in [1.165, 1.54) is 4.88 Å². The lowest BCUT2D eigenvalue weighted by Gasteiger charge is -2.42. The van der Waals surface area contributed by atoms with Crippen molar-refractivity contribution in [3.05, 3.63) is 22.4 Å². The molecule has 1 aromatic heterocycles. The minimum atomic E-state index is -0.673. The average molecular weight is 295 g/mol. The highest BCUT2D eigenvalue weighted by molar-refractivity contribution is 7.10. The van der Waals surface area contributed by atoms with Crippen LogP contribution in [0.1, 0.15) is 51.0 Å². The lowest BCUT2D eigenvalue weighted by Crippen LogP contribution is -2.45. The minimum Gasteiger partial charge on any atom is -0.481 e. The normalized spacial score (nSPS) is 22.6. The van der Waals surface area contributed by atoms with Crippen molar-refractivity contribution in [1.82, 2.24) is 4.90 Å². The second-order valence-corrected chi connectivity index (χ2v) is 7.28. The average Bonchev–Trinajstić information content (AvgIpc) is 2.94. The highest BCUT2D eigenvalue weighted by atomic mass is 32.1. The quantitative estimate of drug-likeness (QED) is 0.892. The van der Waals surface area contributed by atoms with E-state index < -0.39 is 11.4 Å². The van der Waals surface area contributed by atoms with Gasteiger partial charge >= 0.3 is 5.97 Å². The van der Waals surface area contributed by atoms with Gasteiger partial charge in [0.25, 0.3) is 0 Å². The van der Waals surface area contributed by atoms with E-state index in [2.05, 4.69) is 29.3 Å². The number of piperidine rings is 1. The van der Waals surface area contributed by atoms with Gasteiger partial charge in [0.15, 0.2) is 0 Å². The molecule has 2 unspecified atom stereocenters. The number of carbonyl (C=O) groups is 1. The molecular weight excluding hydrogens is 270 g/mol. The third-order valence-corrected chi connectivity index (χ3v) is 5.70. The van der Waals surface area contributed by atoms with Gasteiger partial charge in [0.05, 0.1) is 5.41 Å². The van der Waals surface area contributed by atoms with E-state index in [-0.39, 0.29) is 5.92 Å². The van der Waals surface area contributed by atoms with Crippen LogP contribution in [0.2, 0.25) is 0 Å². The summed E-state index contributed by atoms with van der Waals surface area (Å²) in [5.41, 5.74) is -0.633. The summed E-state index contributed by atoms with van der Waals surface area (Å²) in [6, 6.07) is 4.75. The molecule has 20 heavy (non-hydrogen) atoms. The zero-order valence-electron chi connectivity index (χ0n) is 12.6. The number of carboxylic acid groups (broad SMARTS) is 1. The van der Waals surface area contributed by atoms with Crippen molar-refractivity contribution >= 4 is 17.3 Å². The third kappa shape index (κ3) is 3.07. The van der Waals surface area contributed by atoms with Gasteiger partial charge in [-0.3, -0.25) is 9.69 Å². The van der Waals surface area contributed by atoms with E-state index in [1.807, 2.05) is 13.8 Å². The molecule has 1 aliphatic rings. The van der Waals surface area contributed by atoms with Crippen LogP contribution < -0.4 is 0 Å². The molecule has 112 valence electrons. The Hall–Kier alpha value is -0.870. The van der Waals surface area contributed by atoms with Gasteiger partial charge in [0.1, 0.15) is 0 Å². The van der Waals surface area contributed by atoms with E-state index in [0.717, 1.165) is 32.4 Å². The van der Waals surface area contributed by atoms with Crippen LogP contribution in [0.25, 0.3) is 0 Å². The molecule has 1 N–H and O–H groups in total. The van der Waals surface area contributed by atoms with Gasteiger partial charge in [-0.25, -0.2) is 0 Å². The van der Waals surface area contributed by atoms with Crippen molar-refractivity contribution in [2.45, 2.75) is 46.1 Å². The van der Waals surface area contributed by atoms with Gasteiger partial charge in [0.2, 0.25) is 0 Å². The molecule has 0 saturated carbocycles. The Morgan fingerprint density at radius 1 is 1.60 bits per heavy atom. The lowest BCUT2D eigenvalue weighted by atomic mass is 9.74. The summed E-state index contributed by atoms with van der Waals surface area (Å²) in [4.78, 5) is 15.4. The second-order valence-electron chi connectivity index (χ2n) is 6.30. The molecule has 1 aromatic rings. The molecule has 0 aromatic carbocycles. The summed E-state index contributed by atoms with van der Waals surface area (Å²) >= 11 is 1.81. The van der Waals surface area contributed by atoms with Gasteiger partial charge < -0.3 is 5.11 Å². The van der Waals surface area contributed by atoms with Crippen molar-refractivity contribution in [3.8, 4) is 0 Å². The van der Waals surface area contributed by atoms with Gasteiger partial charge in [-0.1, -0.05) is 13.0 Å². The van der Waals surface area contributed by atoms with Gasteiger partial charge in [-0.05, 0) is 57.0 Å². The highest BCUT2D eigenvalue weighted by Crippen LogP contribution is 2.38. The minimum absolute atomic E-state index is 0.239. The first-order chi connectivity index (χ1) is 9.46. The number of nitrogens with zero attached hydrogens (tertiary/aromatic N) is 1. The second kappa shape index (κ2) is 6.27. The summed E-state index contributed by atoms with van der Waals surface area (Å²) < 4.78 is 0. The molecule has 0 bridgehead atoms. The number of hydrogen-bond acceptors (Lipinski definition) is 3. The number of thiophene rings is 1. The Bertz CT molecular complexity index is 441. The Kier molecular flexibility index (Phi) is 4.86. The van der Waals surface area contributed by atoms with Crippen LogP contribution in [0.15, 0.2) is 17.5 Å². The molecule has 2 rings (SSSR count). The first-order valence-corrected chi connectivity index (χ1v) is 8.35. The molecule has 0 amide bonds. The van der Waals surface area contributed by atoms with Crippen molar-refractivity contribution in [2.24, 2.45) is 11.3 Å². The SMILES string of the molecule is CCC(c1cccs1)N1CCCC(C(C)(C)C(=O)O)C1. The van der Waals surface area contributed by atoms with Crippen molar-refractivity contribution in [3.63, 3.8) is 0 Å². The van der Waals surface area contributed by atoms with Crippen LogP contribution in [0.5, 0.6) is 0 Å². The summed E-state index contributed by atoms with van der Waals surface area (Å²) in [5, 5.41) is 11.6. The van der Waals surface area contributed by atoms with E-state index in [0.29, 0.717) is 6.04 Å². The fourth-order valence-electron chi connectivity index (χ4n) is 3.17. The molecule has 2 atom stereocenters. The summed E-state index contributed by atoms with van der Waals surface area (Å²) in [7, 11) is 0. The van der Waals surface area contributed by atoms with Crippen LogP contribution in [-0.4, -0.2) is 29.1 Å². The number of rotatable bonds is 5. The molecule has 1 fully saturated rings. The van der Waals surface area contributed by atoms with Gasteiger partial charge in [-0.2, -0.15) is 0 Å². The van der Waals surface area contributed by atoms with Crippen molar-refractivity contribution in [2.75, 3.05) is 13.1 Å². The van der Waals surface area contributed by atoms with Crippen LogP contribution in [0, 0.1) is 11.3 Å². The van der Waals surface area contributed by atoms with Crippen molar-refractivity contribution < 1.29 is 9.90 Å². The molecule has 0 aliphatic carbocycles. The van der Waals surface area contributed by atoms with E-state index in [9.17, 15) is 9.90 Å². The fraction of sp³-hybridized carbons (Fsp3) is 0.688. The standard InChI is InChI=1S/C16H25NO2S/c1-4-13(14-8-6-10-20-14)17-9-5-7-12(11-17)16(2,3)15(18)19/h6,8,10,12-13H,4-5,7,9,11H2,1-3H3,(H,18,19). The predicted molar refractivity (Wildman–Crippen MR) is 83.1 cm³/mol. The van der Waals surface area contributed by atoms with Crippen LogP contribution >= 0.6 is 11.3 Å². The molecule has 1 aliphatic heterocycles. The van der Waals surface area contributed by atoms with E-state index in [4.69, 9.17) is 0 Å². The lowest BCUT2D eigenvalue weighted by molar-refractivity contribution is -0.151. The van der Waals surface area contributed by atoms with Gasteiger partial charge in [0, 0.05) is 17.5 Å². The van der Waals surface area contributed by atoms with Gasteiger partial charge in [-0.15, -0.1) is 11.3 Å². The Balaban J connectivity index is 2.12. The topological polar surface area (TPSA) is 40.5 Å². The first kappa shape index (κ1) is 15.5. The molecule has 0 radical (unpaired) electrons. The molecule has 3 nitrogen and oxygen atoms in total. The van der Waals surface area contributed by atoms with E-state index in [1.54, 1.807) is 11.3 Å². The number of hydrogen-bond donors (Lipinski definition) is 1. The Labute approximate surface area is 125 Å². The zero-order chi connectivity index (χ0) is 14.8. The zero-order valence-corrected chi connectivity index (χ0v) is 13.4. The van der Waals surface area contributed by atoms with Crippen LogP contribution in [0.4, 0.5) is 0 Å². The van der Waals surface area contributed by atoms with E-state index >= 15 is 0 Å². The number of likely N-dealkylation sites (tertiary alicyclic amines) is 1. The first-order valence-electron chi connectivity index (χ1n) is 7.47. The Morgan fingerprint density at radius 2 is 2.35 bits per heavy atom. The maximum atomic E-state index is 11.5. The maximum Gasteiger partial charge on any atom is 0.309 e. The monoisotopic (exact) mass is 295 g/mol. The van der Waals surface area contributed by atoms with Crippen molar-refractivity contribution in [1.29, 1.82) is 0 Å². The molecule has 1 saturated heterocycles. The maximum absolute atomic E-state index is 11.5. The molecular formula is C16H25NO2S. The summed E-state index contributed by atoms with van der Waals surface area (Å²) in [5.74, 6) is -0.434. The third-order valence-electron chi connectivity index (χ3n) is 4.72.